The van der Waals surface area contributed by atoms with E-state index in [0.29, 0.717) is 12.1 Å². The van der Waals surface area contributed by atoms with Gasteiger partial charge in [0.1, 0.15) is 5.82 Å². The third-order valence-corrected chi connectivity index (χ3v) is 2.27. The number of hydrogen-bond donors (Lipinski definition) is 1. The number of nitro benzene ring substituents is 1. The lowest BCUT2D eigenvalue weighted by Crippen LogP contribution is -2.20. The number of benzene rings is 1. The zero-order valence-electron chi connectivity index (χ0n) is 8.54. The largest absolute Gasteiger partial charge is 0.322 e. The Labute approximate surface area is 103 Å². The molecule has 0 aliphatic carbocycles. The molecule has 0 heterocycles. The van der Waals surface area contributed by atoms with Crippen LogP contribution in [0, 0.1) is 21.7 Å². The monoisotopic (exact) mass is 308 g/mol. The molecule has 1 aromatic rings. The van der Waals surface area contributed by atoms with Crippen molar-refractivity contribution in [1.29, 1.82) is 0 Å². The van der Waals surface area contributed by atoms with Gasteiger partial charge in [-0.25, -0.2) is 4.39 Å². The highest BCUT2D eigenvalue weighted by atomic mass is 79.9. The van der Waals surface area contributed by atoms with Crippen LogP contribution in [-0.2, 0) is 4.79 Å². The maximum absolute atomic E-state index is 13.2. The van der Waals surface area contributed by atoms with Crippen LogP contribution in [-0.4, -0.2) is 15.7 Å². The van der Waals surface area contributed by atoms with Gasteiger partial charge >= 0.3 is 5.69 Å². The fourth-order valence-corrected chi connectivity index (χ4v) is 1.12. The minimum absolute atomic E-state index is 0.354. The van der Waals surface area contributed by atoms with Crippen LogP contribution in [0.5, 0.6) is 0 Å². The van der Waals surface area contributed by atoms with Gasteiger partial charge in [-0.15, -0.1) is 0 Å². The van der Waals surface area contributed by atoms with Crippen molar-refractivity contribution < 1.29 is 18.5 Å². The second-order valence-corrected chi connectivity index (χ2v) is 4.52. The topological polar surface area (TPSA) is 72.2 Å². The molecule has 0 spiro atoms. The van der Waals surface area contributed by atoms with Gasteiger partial charge in [-0.05, 0) is 6.92 Å². The molecule has 0 aliphatic heterocycles. The van der Waals surface area contributed by atoms with Crippen molar-refractivity contribution in [2.24, 2.45) is 0 Å². The number of carbonyl (C=O) groups is 1. The quantitative estimate of drug-likeness (QED) is 0.530. The molecule has 0 saturated carbocycles. The lowest BCUT2D eigenvalue weighted by atomic mass is 10.2. The maximum atomic E-state index is 13.2. The first-order valence-corrected chi connectivity index (χ1v) is 5.33. The fraction of sp³-hybridized carbons (Fsp3) is 0.222. The van der Waals surface area contributed by atoms with Gasteiger partial charge in [0.05, 0.1) is 15.4 Å². The van der Waals surface area contributed by atoms with Gasteiger partial charge in [0.15, 0.2) is 0 Å². The molecule has 0 bridgehead atoms. The number of nitrogens with zero attached hydrogens (tertiary/aromatic N) is 1. The van der Waals surface area contributed by atoms with Crippen LogP contribution in [0.2, 0.25) is 0 Å². The van der Waals surface area contributed by atoms with Gasteiger partial charge in [-0.1, -0.05) is 15.9 Å². The van der Waals surface area contributed by atoms with E-state index < -0.39 is 38.7 Å². The Morgan fingerprint density at radius 1 is 1.47 bits per heavy atom. The van der Waals surface area contributed by atoms with E-state index in [0.717, 1.165) is 0 Å². The number of carbonyl (C=O) groups excluding carboxylic acids is 1. The number of rotatable bonds is 3. The molecule has 0 aliphatic rings. The number of nitro groups is 1. The minimum Gasteiger partial charge on any atom is -0.322 e. The molecule has 1 aromatic carbocycles. The smallest absolute Gasteiger partial charge is 0.307 e. The molecule has 0 fully saturated rings. The van der Waals surface area contributed by atoms with Gasteiger partial charge in [-0.3, -0.25) is 14.9 Å². The molecule has 0 saturated heterocycles. The molecule has 1 N–H and O–H groups in total. The molecule has 1 amide bonds. The van der Waals surface area contributed by atoms with E-state index in [1.807, 2.05) is 0 Å². The van der Waals surface area contributed by atoms with Crippen LogP contribution >= 0.6 is 15.9 Å². The highest BCUT2D eigenvalue weighted by Crippen LogP contribution is 2.25. The first-order chi connectivity index (χ1) is 7.82. The Balaban J connectivity index is 3.12. The molecule has 0 aromatic heterocycles. The lowest BCUT2D eigenvalue weighted by Gasteiger charge is -2.07. The summed E-state index contributed by atoms with van der Waals surface area (Å²) in [6, 6.07) is 0.991. The van der Waals surface area contributed by atoms with Crippen molar-refractivity contribution in [3.05, 3.63) is 33.9 Å². The molecule has 8 heteroatoms. The van der Waals surface area contributed by atoms with Crippen LogP contribution in [0.15, 0.2) is 12.1 Å². The average Bonchev–Trinajstić information content (AvgIpc) is 2.21. The molecule has 1 atom stereocenters. The van der Waals surface area contributed by atoms with Crippen LogP contribution in [0.1, 0.15) is 6.92 Å². The number of hydrogen-bond acceptors (Lipinski definition) is 3. The molecule has 0 radical (unpaired) electrons. The number of anilines is 1. The minimum atomic E-state index is -1.29. The van der Waals surface area contributed by atoms with Gasteiger partial charge in [0.2, 0.25) is 11.7 Å². The zero-order valence-corrected chi connectivity index (χ0v) is 10.1. The Morgan fingerprint density at radius 2 is 2.06 bits per heavy atom. The van der Waals surface area contributed by atoms with Crippen molar-refractivity contribution in [3.63, 3.8) is 0 Å². The molecule has 92 valence electrons. The summed E-state index contributed by atoms with van der Waals surface area (Å²) < 4.78 is 26.2. The maximum Gasteiger partial charge on any atom is 0.307 e. The summed E-state index contributed by atoms with van der Waals surface area (Å²) >= 11 is 2.94. The second kappa shape index (κ2) is 5.17. The van der Waals surface area contributed by atoms with Crippen molar-refractivity contribution in [3.8, 4) is 0 Å². The van der Waals surface area contributed by atoms with Crippen LogP contribution in [0.4, 0.5) is 20.2 Å². The first-order valence-electron chi connectivity index (χ1n) is 4.41. The Morgan fingerprint density at radius 3 is 2.53 bits per heavy atom. The molecule has 1 unspecified atom stereocenters. The highest BCUT2D eigenvalue weighted by molar-refractivity contribution is 9.10. The number of halogens is 3. The summed E-state index contributed by atoms with van der Waals surface area (Å²) in [7, 11) is 0. The average molecular weight is 309 g/mol. The number of nitrogens with one attached hydrogen (secondary N) is 1. The molecule has 17 heavy (non-hydrogen) atoms. The lowest BCUT2D eigenvalue weighted by molar-refractivity contribution is -0.387. The molecule has 5 nitrogen and oxygen atoms in total. The second-order valence-electron chi connectivity index (χ2n) is 3.15. The zero-order chi connectivity index (χ0) is 13.2. The number of amides is 1. The van der Waals surface area contributed by atoms with E-state index in [9.17, 15) is 23.7 Å². The van der Waals surface area contributed by atoms with Gasteiger partial charge in [0.25, 0.3) is 0 Å². The molecule has 1 rings (SSSR count). The SMILES string of the molecule is CC(Br)C(=O)Nc1cc([N+](=O)[O-])c(F)cc1F. The van der Waals surface area contributed by atoms with E-state index in [-0.39, 0.29) is 0 Å². The van der Waals surface area contributed by atoms with E-state index in [1.54, 1.807) is 0 Å². The third kappa shape index (κ3) is 3.19. The standard InChI is InChI=1S/C9H7BrF2N2O3/c1-4(10)9(15)13-7-3-8(14(16)17)6(12)2-5(7)11/h2-4H,1H3,(H,13,15). The van der Waals surface area contributed by atoms with Crippen molar-refractivity contribution in [1.82, 2.24) is 0 Å². The summed E-state index contributed by atoms with van der Waals surface area (Å²) in [4.78, 5) is 20.1. The summed E-state index contributed by atoms with van der Waals surface area (Å²) in [5.41, 5.74) is -1.33. The van der Waals surface area contributed by atoms with E-state index in [4.69, 9.17) is 0 Å². The Hall–Kier alpha value is -1.57. The van der Waals surface area contributed by atoms with Crippen molar-refractivity contribution >= 4 is 33.2 Å². The molecular weight excluding hydrogens is 302 g/mol. The van der Waals surface area contributed by atoms with Crippen LogP contribution in [0.3, 0.4) is 0 Å². The van der Waals surface area contributed by atoms with Crippen LogP contribution < -0.4 is 5.32 Å². The molecular formula is C9H7BrF2N2O3. The van der Waals surface area contributed by atoms with E-state index in [2.05, 4.69) is 21.2 Å². The van der Waals surface area contributed by atoms with E-state index in [1.165, 1.54) is 6.92 Å². The number of alkyl halides is 1. The van der Waals surface area contributed by atoms with Crippen LogP contribution in [0.25, 0.3) is 0 Å². The summed E-state index contributed by atoms with van der Waals surface area (Å²) in [6.07, 6.45) is 0. The fourth-order valence-electron chi connectivity index (χ4n) is 1.01. The Kier molecular flexibility index (Phi) is 4.11. The summed E-state index contributed by atoms with van der Waals surface area (Å²) in [6.45, 7) is 1.49. The normalized spacial score (nSPS) is 12.0. The van der Waals surface area contributed by atoms with E-state index >= 15 is 0 Å². The summed E-state index contributed by atoms with van der Waals surface area (Å²) in [5, 5.41) is 12.5. The van der Waals surface area contributed by atoms with Gasteiger partial charge in [-0.2, -0.15) is 4.39 Å². The van der Waals surface area contributed by atoms with Gasteiger partial charge < -0.3 is 5.32 Å². The predicted octanol–water partition coefficient (Wildman–Crippen LogP) is 2.59. The third-order valence-electron chi connectivity index (χ3n) is 1.85. The Bertz CT molecular complexity index is 480. The van der Waals surface area contributed by atoms with Crippen molar-refractivity contribution in [2.75, 3.05) is 5.32 Å². The first kappa shape index (κ1) is 13.5. The van der Waals surface area contributed by atoms with Gasteiger partial charge in [0, 0.05) is 12.1 Å². The summed E-state index contributed by atoms with van der Waals surface area (Å²) in [5.74, 6) is -2.96. The highest BCUT2D eigenvalue weighted by Gasteiger charge is 2.20. The predicted molar refractivity (Wildman–Crippen MR) is 60.0 cm³/mol. The van der Waals surface area contributed by atoms with Crippen molar-refractivity contribution in [2.45, 2.75) is 11.8 Å².